The van der Waals surface area contributed by atoms with Crippen LogP contribution < -0.4 is 10.6 Å². The average molecular weight is 586 g/mol. The topological polar surface area (TPSA) is 97.0 Å². The van der Waals surface area contributed by atoms with Gasteiger partial charge in [0.1, 0.15) is 12.1 Å². The molecular formula is C34H55N3O5. The highest BCUT2D eigenvalue weighted by Crippen LogP contribution is 2.34. The molecule has 2 N–H and O–H groups in total. The van der Waals surface area contributed by atoms with E-state index in [4.69, 9.17) is 9.47 Å². The van der Waals surface area contributed by atoms with Gasteiger partial charge in [0.15, 0.2) is 0 Å². The number of carbonyl (C=O) groups excluding carboxylic acids is 3. The zero-order chi connectivity index (χ0) is 30.7. The maximum absolute atomic E-state index is 13.8. The number of ether oxygens (including phenoxy) is 2. The molecule has 236 valence electrons. The summed E-state index contributed by atoms with van der Waals surface area (Å²) >= 11 is 0. The van der Waals surface area contributed by atoms with Crippen LogP contribution in [0.25, 0.3) is 0 Å². The van der Waals surface area contributed by atoms with Gasteiger partial charge in [-0.2, -0.15) is 0 Å². The predicted molar refractivity (Wildman–Crippen MR) is 166 cm³/mol. The van der Waals surface area contributed by atoms with Crippen LogP contribution in [0.15, 0.2) is 24.3 Å². The molecule has 1 heterocycles. The second-order valence-corrected chi connectivity index (χ2v) is 13.1. The van der Waals surface area contributed by atoms with E-state index >= 15 is 0 Å². The molecule has 8 nitrogen and oxygen atoms in total. The van der Waals surface area contributed by atoms with Crippen molar-refractivity contribution in [2.75, 3.05) is 26.4 Å². The Balaban J connectivity index is 1.63. The fourth-order valence-corrected chi connectivity index (χ4v) is 5.85. The summed E-state index contributed by atoms with van der Waals surface area (Å²) in [6.07, 6.45) is 8.21. The summed E-state index contributed by atoms with van der Waals surface area (Å²) in [4.78, 5) is 42.1. The molecule has 1 aliphatic carbocycles. The van der Waals surface area contributed by atoms with E-state index in [9.17, 15) is 14.4 Å². The van der Waals surface area contributed by atoms with Crippen LogP contribution in [-0.2, 0) is 30.3 Å². The summed E-state index contributed by atoms with van der Waals surface area (Å²) in [5, 5.41) is 6.26. The second-order valence-electron chi connectivity index (χ2n) is 13.1. The number of nitrogens with zero attached hydrogens (tertiary/aromatic N) is 1. The molecule has 0 spiro atoms. The number of carbonyl (C=O) groups is 3. The van der Waals surface area contributed by atoms with Crippen LogP contribution >= 0.6 is 0 Å². The average Bonchev–Trinajstić information content (AvgIpc) is 3.59. The Kier molecular flexibility index (Phi) is 13.3. The highest BCUT2D eigenvalue weighted by Gasteiger charge is 2.43. The van der Waals surface area contributed by atoms with Crippen molar-refractivity contribution in [3.8, 4) is 0 Å². The molecule has 5 atom stereocenters. The summed E-state index contributed by atoms with van der Waals surface area (Å²) in [6, 6.07) is 6.61. The highest BCUT2D eigenvalue weighted by atomic mass is 16.5. The van der Waals surface area contributed by atoms with Crippen molar-refractivity contribution in [2.45, 2.75) is 124 Å². The van der Waals surface area contributed by atoms with Crippen molar-refractivity contribution in [3.05, 3.63) is 35.4 Å². The van der Waals surface area contributed by atoms with Crippen LogP contribution in [-0.4, -0.2) is 67.2 Å². The Labute approximate surface area is 253 Å². The summed E-state index contributed by atoms with van der Waals surface area (Å²) in [6.45, 7) is 14.4. The van der Waals surface area contributed by atoms with Gasteiger partial charge in [-0.25, -0.2) is 0 Å². The van der Waals surface area contributed by atoms with E-state index in [-0.39, 0.29) is 35.8 Å². The molecule has 3 rings (SSSR count). The molecule has 0 aromatic heterocycles. The molecule has 1 fully saturated rings. The van der Waals surface area contributed by atoms with Crippen LogP contribution in [0.2, 0.25) is 0 Å². The maximum Gasteiger partial charge on any atom is 0.246 e. The fraction of sp³-hybridized carbons (Fsp3) is 0.735. The number of hydrogen-bond acceptors (Lipinski definition) is 5. The van der Waals surface area contributed by atoms with Gasteiger partial charge in [-0.3, -0.25) is 14.4 Å². The lowest BCUT2D eigenvalue weighted by Gasteiger charge is -2.36. The Morgan fingerprint density at radius 3 is 2.48 bits per heavy atom. The van der Waals surface area contributed by atoms with Gasteiger partial charge in [0.2, 0.25) is 17.7 Å². The number of hydrogen-bond donors (Lipinski definition) is 2. The number of likely N-dealkylation sites (tertiary alicyclic amines) is 1. The minimum absolute atomic E-state index is 0.129. The number of benzene rings is 1. The number of unbranched alkanes of at least 4 members (excludes halogenated alkanes) is 3. The molecular weight excluding hydrogens is 530 g/mol. The van der Waals surface area contributed by atoms with Crippen molar-refractivity contribution in [1.82, 2.24) is 15.5 Å². The summed E-state index contributed by atoms with van der Waals surface area (Å²) in [7, 11) is 0. The Bertz CT molecular complexity index is 1020. The predicted octanol–water partition coefficient (Wildman–Crippen LogP) is 5.34. The first-order chi connectivity index (χ1) is 20.1. The van der Waals surface area contributed by atoms with E-state index in [0.717, 1.165) is 37.9 Å². The summed E-state index contributed by atoms with van der Waals surface area (Å²) in [5.74, 6) is -0.661. The monoisotopic (exact) mass is 585 g/mol. The number of nitrogens with one attached hydrogen (secondary N) is 2. The third kappa shape index (κ3) is 9.27. The third-order valence-electron chi connectivity index (χ3n) is 8.69. The molecule has 1 aliphatic heterocycles. The number of rotatable bonds is 16. The molecule has 3 amide bonds. The lowest BCUT2D eigenvalue weighted by Crippen LogP contribution is -2.58. The van der Waals surface area contributed by atoms with Gasteiger partial charge >= 0.3 is 0 Å². The molecule has 2 aliphatic rings. The van der Waals surface area contributed by atoms with Gasteiger partial charge in [0.05, 0.1) is 12.1 Å². The van der Waals surface area contributed by atoms with E-state index in [1.165, 1.54) is 24.8 Å². The molecule has 0 unspecified atom stereocenters. The highest BCUT2D eigenvalue weighted by molar-refractivity contribution is 5.93. The van der Waals surface area contributed by atoms with Gasteiger partial charge in [-0.15, -0.1) is 0 Å². The van der Waals surface area contributed by atoms with Crippen LogP contribution in [0.5, 0.6) is 0 Å². The SMILES string of the molecule is CCCCCCOCCCO[C@@H]1Cc2ccccc2[C@@H]1NC(=O)[C@@H]1CCCN1C(=O)[C@@H](NC(=O)[C@H](C)CC)C(C)(C)C. The molecule has 42 heavy (non-hydrogen) atoms. The Hall–Kier alpha value is -2.45. The third-order valence-corrected chi connectivity index (χ3v) is 8.69. The molecule has 1 aromatic carbocycles. The lowest BCUT2D eigenvalue weighted by molar-refractivity contribution is -0.144. The van der Waals surface area contributed by atoms with Crippen LogP contribution in [0.1, 0.15) is 110 Å². The number of fused-ring (bicyclic) bond motifs is 1. The zero-order valence-electron chi connectivity index (χ0n) is 26.9. The second kappa shape index (κ2) is 16.4. The van der Waals surface area contributed by atoms with Crippen LogP contribution in [0, 0.1) is 11.3 Å². The largest absolute Gasteiger partial charge is 0.381 e. The smallest absolute Gasteiger partial charge is 0.246 e. The van der Waals surface area contributed by atoms with E-state index in [2.05, 4.69) is 29.7 Å². The Morgan fingerprint density at radius 1 is 1.02 bits per heavy atom. The first-order valence-corrected chi connectivity index (χ1v) is 16.3. The van der Waals surface area contributed by atoms with E-state index in [0.29, 0.717) is 32.6 Å². The van der Waals surface area contributed by atoms with Gasteiger partial charge in [0.25, 0.3) is 0 Å². The first kappa shape index (κ1) is 34.0. The molecule has 1 saturated heterocycles. The first-order valence-electron chi connectivity index (χ1n) is 16.3. The van der Waals surface area contributed by atoms with Gasteiger partial charge in [-0.1, -0.05) is 85.1 Å². The van der Waals surface area contributed by atoms with E-state index < -0.39 is 17.5 Å². The van der Waals surface area contributed by atoms with Gasteiger partial charge in [0, 0.05) is 38.7 Å². The molecule has 1 aromatic rings. The van der Waals surface area contributed by atoms with Gasteiger partial charge < -0.3 is 25.0 Å². The molecule has 0 bridgehead atoms. The minimum atomic E-state index is -0.704. The summed E-state index contributed by atoms with van der Waals surface area (Å²) in [5.41, 5.74) is 1.76. The summed E-state index contributed by atoms with van der Waals surface area (Å²) < 4.78 is 12.1. The fourth-order valence-electron chi connectivity index (χ4n) is 5.85. The molecule has 0 saturated carbocycles. The van der Waals surface area contributed by atoms with E-state index in [1.807, 2.05) is 46.8 Å². The Morgan fingerprint density at radius 2 is 1.76 bits per heavy atom. The minimum Gasteiger partial charge on any atom is -0.381 e. The normalized spacial score (nSPS) is 21.6. The number of amides is 3. The van der Waals surface area contributed by atoms with Crippen molar-refractivity contribution in [1.29, 1.82) is 0 Å². The quantitative estimate of drug-likeness (QED) is 0.255. The van der Waals surface area contributed by atoms with Crippen molar-refractivity contribution in [2.24, 2.45) is 11.3 Å². The molecule has 0 radical (unpaired) electrons. The van der Waals surface area contributed by atoms with Gasteiger partial charge in [-0.05, 0) is 48.6 Å². The van der Waals surface area contributed by atoms with Crippen molar-refractivity contribution >= 4 is 17.7 Å². The van der Waals surface area contributed by atoms with Crippen molar-refractivity contribution < 1.29 is 23.9 Å². The van der Waals surface area contributed by atoms with E-state index in [1.54, 1.807) is 4.90 Å². The van der Waals surface area contributed by atoms with Crippen LogP contribution in [0.4, 0.5) is 0 Å². The lowest BCUT2D eigenvalue weighted by atomic mass is 9.85. The standard InChI is InChI=1S/C34H55N3O5/c1-7-9-10-13-20-41-21-15-22-42-28-23-25-16-11-12-17-26(25)29(28)35-32(39)27-18-14-19-37(27)33(40)30(34(4,5)6)36-31(38)24(3)8-2/h11-12,16-17,24,27-30H,7-10,13-15,18-23H2,1-6H3,(H,35,39)(H,36,38)/t24-,27+,28-,29+,30-/m1/s1. The van der Waals surface area contributed by atoms with Crippen molar-refractivity contribution in [3.63, 3.8) is 0 Å². The molecule has 8 heteroatoms. The maximum atomic E-state index is 13.8. The zero-order valence-corrected chi connectivity index (χ0v) is 26.9. The van der Waals surface area contributed by atoms with Crippen LogP contribution in [0.3, 0.4) is 0 Å².